The molecule has 8 heteroatoms. The number of halogens is 2. The van der Waals surface area contributed by atoms with E-state index in [1.165, 1.54) is 6.08 Å². The van der Waals surface area contributed by atoms with Crippen molar-refractivity contribution in [1.29, 1.82) is 0 Å². The van der Waals surface area contributed by atoms with E-state index in [1.54, 1.807) is 17.8 Å². The van der Waals surface area contributed by atoms with Crippen LogP contribution >= 0.6 is 35.0 Å². The van der Waals surface area contributed by atoms with Crippen LogP contribution in [0.3, 0.4) is 0 Å². The standard InChI is InChI=1S/C18H18Cl2N4OS/c1-11-13(6-7-17(25)22-18-21-8-9-26-18)12(2)24(23-11)10-14-15(19)4-3-5-16(14)20/h3-7H,8-10H2,1-2H3,(H,21,22,25)/b7-6-. The number of aromatic nitrogens is 2. The Labute approximate surface area is 166 Å². The molecule has 1 aromatic heterocycles. The number of hydrogen-bond acceptors (Lipinski definition) is 4. The van der Waals surface area contributed by atoms with Crippen LogP contribution in [-0.4, -0.2) is 33.2 Å². The lowest BCUT2D eigenvalue weighted by molar-refractivity contribution is -0.115. The van der Waals surface area contributed by atoms with E-state index in [4.69, 9.17) is 23.2 Å². The molecule has 2 aromatic rings. The molecule has 3 rings (SSSR count). The Kier molecular flexibility index (Phi) is 6.06. The third-order valence-corrected chi connectivity index (χ3v) is 5.62. The van der Waals surface area contributed by atoms with Gasteiger partial charge in [-0.05, 0) is 32.1 Å². The molecule has 1 amide bonds. The van der Waals surface area contributed by atoms with Gasteiger partial charge in [0, 0.05) is 38.7 Å². The second kappa shape index (κ2) is 8.29. The number of hydrogen-bond donors (Lipinski definition) is 1. The van der Waals surface area contributed by atoms with E-state index in [-0.39, 0.29) is 5.91 Å². The molecule has 0 unspecified atom stereocenters. The second-order valence-corrected chi connectivity index (χ2v) is 7.70. The van der Waals surface area contributed by atoms with E-state index in [0.29, 0.717) is 21.8 Å². The van der Waals surface area contributed by atoms with Crippen LogP contribution in [0, 0.1) is 13.8 Å². The number of aryl methyl sites for hydroxylation is 1. The van der Waals surface area contributed by atoms with E-state index in [1.807, 2.05) is 36.7 Å². The number of carbonyl (C=O) groups excluding carboxylic acids is 1. The van der Waals surface area contributed by atoms with E-state index in [0.717, 1.165) is 34.8 Å². The lowest BCUT2D eigenvalue weighted by Gasteiger charge is -2.09. The molecule has 136 valence electrons. The molecule has 0 aliphatic carbocycles. The van der Waals surface area contributed by atoms with Crippen molar-refractivity contribution in [3.05, 3.63) is 56.8 Å². The number of thioether (sulfide) groups is 1. The van der Waals surface area contributed by atoms with Gasteiger partial charge < -0.3 is 5.32 Å². The van der Waals surface area contributed by atoms with E-state index < -0.39 is 0 Å². The summed E-state index contributed by atoms with van der Waals surface area (Å²) in [7, 11) is 0. The van der Waals surface area contributed by atoms with Crippen molar-refractivity contribution in [2.24, 2.45) is 4.99 Å². The topological polar surface area (TPSA) is 59.3 Å². The first kappa shape index (κ1) is 19.0. The first-order valence-electron chi connectivity index (χ1n) is 8.09. The van der Waals surface area contributed by atoms with Gasteiger partial charge in [-0.15, -0.1) is 0 Å². The fourth-order valence-corrected chi connectivity index (χ4v) is 3.90. The highest BCUT2D eigenvalue weighted by Gasteiger charge is 2.14. The minimum absolute atomic E-state index is 0.196. The maximum absolute atomic E-state index is 12.0. The molecule has 0 spiro atoms. The molecule has 26 heavy (non-hydrogen) atoms. The summed E-state index contributed by atoms with van der Waals surface area (Å²) in [5.41, 5.74) is 3.51. The molecule has 1 aromatic carbocycles. The van der Waals surface area contributed by atoms with Crippen LogP contribution in [0.4, 0.5) is 0 Å². The summed E-state index contributed by atoms with van der Waals surface area (Å²) in [6.45, 7) is 5.09. The Balaban J connectivity index is 1.77. The smallest absolute Gasteiger partial charge is 0.249 e. The third-order valence-electron chi connectivity index (χ3n) is 4.02. The zero-order valence-electron chi connectivity index (χ0n) is 14.4. The first-order chi connectivity index (χ1) is 12.5. The minimum atomic E-state index is -0.196. The average molecular weight is 409 g/mol. The summed E-state index contributed by atoms with van der Waals surface area (Å²) < 4.78 is 1.84. The molecule has 0 atom stereocenters. The van der Waals surface area contributed by atoms with Crippen LogP contribution in [0.1, 0.15) is 22.5 Å². The molecule has 1 N–H and O–H groups in total. The number of aliphatic imine (C=N–C) groups is 1. The van der Waals surface area contributed by atoms with Crippen molar-refractivity contribution in [1.82, 2.24) is 15.1 Å². The van der Waals surface area contributed by atoms with Gasteiger partial charge in [0.1, 0.15) is 0 Å². The molecule has 1 aliphatic heterocycles. The predicted molar refractivity (Wildman–Crippen MR) is 109 cm³/mol. The molecular weight excluding hydrogens is 391 g/mol. The van der Waals surface area contributed by atoms with E-state index in [2.05, 4.69) is 15.4 Å². The maximum atomic E-state index is 12.0. The Morgan fingerprint density at radius 3 is 2.73 bits per heavy atom. The van der Waals surface area contributed by atoms with Crippen LogP contribution in [0.15, 0.2) is 29.3 Å². The summed E-state index contributed by atoms with van der Waals surface area (Å²) in [6.07, 6.45) is 3.28. The van der Waals surface area contributed by atoms with Crippen molar-refractivity contribution >= 4 is 52.1 Å². The molecule has 0 fully saturated rings. The Morgan fingerprint density at radius 1 is 1.35 bits per heavy atom. The molecule has 1 aliphatic rings. The molecule has 5 nitrogen and oxygen atoms in total. The zero-order chi connectivity index (χ0) is 18.7. The summed E-state index contributed by atoms with van der Waals surface area (Å²) in [4.78, 5) is 16.2. The van der Waals surface area contributed by atoms with Crippen LogP contribution in [-0.2, 0) is 11.3 Å². The van der Waals surface area contributed by atoms with Crippen molar-refractivity contribution in [3.8, 4) is 0 Å². The minimum Gasteiger partial charge on any atom is -0.302 e. The number of nitrogens with zero attached hydrogens (tertiary/aromatic N) is 3. The van der Waals surface area contributed by atoms with E-state index >= 15 is 0 Å². The SMILES string of the molecule is Cc1nn(Cc2c(Cl)cccc2Cl)c(C)c1/C=C\C(=O)NC1=NCCS1. The van der Waals surface area contributed by atoms with Gasteiger partial charge in [-0.1, -0.05) is 41.0 Å². The number of rotatable bonds is 4. The van der Waals surface area contributed by atoms with Gasteiger partial charge in [-0.25, -0.2) is 0 Å². The lowest BCUT2D eigenvalue weighted by atomic mass is 10.1. The largest absolute Gasteiger partial charge is 0.302 e. The first-order valence-corrected chi connectivity index (χ1v) is 9.83. The van der Waals surface area contributed by atoms with Gasteiger partial charge in [0.2, 0.25) is 5.91 Å². The van der Waals surface area contributed by atoms with Crippen LogP contribution in [0.2, 0.25) is 10.0 Å². The van der Waals surface area contributed by atoms with Crippen molar-refractivity contribution in [3.63, 3.8) is 0 Å². The summed E-state index contributed by atoms with van der Waals surface area (Å²) in [5, 5.41) is 9.23. The van der Waals surface area contributed by atoms with Crippen LogP contribution < -0.4 is 5.32 Å². The Hall–Kier alpha value is -1.76. The molecule has 2 heterocycles. The second-order valence-electron chi connectivity index (χ2n) is 5.80. The highest BCUT2D eigenvalue weighted by molar-refractivity contribution is 8.14. The van der Waals surface area contributed by atoms with Gasteiger partial charge in [-0.3, -0.25) is 14.5 Å². The number of carbonyl (C=O) groups is 1. The molecule has 0 saturated carbocycles. The summed E-state index contributed by atoms with van der Waals surface area (Å²) in [5.74, 6) is 0.716. The fraction of sp³-hybridized carbons (Fsp3) is 0.278. The number of nitrogens with one attached hydrogen (secondary N) is 1. The van der Waals surface area contributed by atoms with Gasteiger partial charge >= 0.3 is 0 Å². The normalized spacial score (nSPS) is 14.1. The van der Waals surface area contributed by atoms with Crippen molar-refractivity contribution in [2.45, 2.75) is 20.4 Å². The predicted octanol–water partition coefficient (Wildman–Crippen LogP) is 4.09. The number of amides is 1. The van der Waals surface area contributed by atoms with Gasteiger partial charge in [0.05, 0.1) is 18.8 Å². The average Bonchev–Trinajstić information content (AvgIpc) is 3.18. The van der Waals surface area contributed by atoms with Gasteiger partial charge in [-0.2, -0.15) is 5.10 Å². The number of amidine groups is 1. The van der Waals surface area contributed by atoms with Crippen molar-refractivity contribution < 1.29 is 4.79 Å². The highest BCUT2D eigenvalue weighted by atomic mass is 35.5. The molecule has 0 bridgehead atoms. The van der Waals surface area contributed by atoms with Gasteiger partial charge in [0.15, 0.2) is 5.17 Å². The molecule has 0 radical (unpaired) electrons. The maximum Gasteiger partial charge on any atom is 0.249 e. The van der Waals surface area contributed by atoms with Crippen LogP contribution in [0.25, 0.3) is 6.08 Å². The Bertz CT molecular complexity index is 885. The van der Waals surface area contributed by atoms with Gasteiger partial charge in [0.25, 0.3) is 0 Å². The quantitative estimate of drug-likeness (QED) is 0.774. The molecular formula is C18H18Cl2N4OS. The summed E-state index contributed by atoms with van der Waals surface area (Å²) >= 11 is 14.1. The number of benzene rings is 1. The fourth-order valence-electron chi connectivity index (χ4n) is 2.66. The highest BCUT2D eigenvalue weighted by Crippen LogP contribution is 2.26. The van der Waals surface area contributed by atoms with Crippen molar-refractivity contribution in [2.75, 3.05) is 12.3 Å². The lowest BCUT2D eigenvalue weighted by Crippen LogP contribution is -2.25. The van der Waals surface area contributed by atoms with Crippen LogP contribution in [0.5, 0.6) is 0 Å². The van der Waals surface area contributed by atoms with E-state index in [9.17, 15) is 4.79 Å². The zero-order valence-corrected chi connectivity index (χ0v) is 16.8. The molecule has 0 saturated heterocycles. The Morgan fingerprint density at radius 2 is 2.08 bits per heavy atom. The monoisotopic (exact) mass is 408 g/mol. The summed E-state index contributed by atoms with van der Waals surface area (Å²) in [6, 6.07) is 5.43. The third kappa shape index (κ3) is 4.31.